The molecule has 0 radical (unpaired) electrons. The number of nitrogens with zero attached hydrogens (tertiary/aromatic N) is 1. The first-order valence-corrected chi connectivity index (χ1v) is 9.54. The number of rotatable bonds is 8. The van der Waals surface area contributed by atoms with E-state index < -0.39 is 0 Å². The average Bonchev–Trinajstić information content (AvgIpc) is 3.18. The van der Waals surface area contributed by atoms with E-state index in [0.29, 0.717) is 4.77 Å². The lowest BCUT2D eigenvalue weighted by Crippen LogP contribution is -2.29. The summed E-state index contributed by atoms with van der Waals surface area (Å²) < 4.78 is 0.704. The van der Waals surface area contributed by atoms with Gasteiger partial charge >= 0.3 is 0 Å². The van der Waals surface area contributed by atoms with Crippen molar-refractivity contribution in [3.05, 3.63) is 50.9 Å². The summed E-state index contributed by atoms with van der Waals surface area (Å²) in [6, 6.07) is 8.61. The molecule has 0 saturated carbocycles. The average molecular weight is 346 g/mol. The van der Waals surface area contributed by atoms with Crippen molar-refractivity contribution in [3.63, 3.8) is 0 Å². The van der Waals surface area contributed by atoms with Crippen LogP contribution in [0.3, 0.4) is 0 Å². The van der Waals surface area contributed by atoms with Gasteiger partial charge in [0.1, 0.15) is 0 Å². The number of thiophene rings is 1. The Hall–Kier alpha value is -1.43. The summed E-state index contributed by atoms with van der Waals surface area (Å²) in [6.07, 6.45) is 3.38. The molecular weight excluding hydrogens is 322 g/mol. The number of nitrogens with one attached hydrogen (secondary N) is 2. The van der Waals surface area contributed by atoms with Crippen LogP contribution in [0.1, 0.15) is 24.5 Å². The number of para-hydroxylation sites is 1. The molecule has 0 spiro atoms. The maximum absolute atomic E-state index is 5.22. The fourth-order valence-electron chi connectivity index (χ4n) is 2.98. The molecule has 0 unspecified atom stereocenters. The number of H-pyrrole nitrogens is 2. The van der Waals surface area contributed by atoms with E-state index in [0.717, 1.165) is 43.5 Å². The van der Waals surface area contributed by atoms with Crippen LogP contribution in [0.4, 0.5) is 0 Å². The Bertz CT molecular complexity index is 786. The van der Waals surface area contributed by atoms with Gasteiger partial charge in [-0.15, -0.1) is 0 Å². The number of benzene rings is 1. The van der Waals surface area contributed by atoms with Crippen molar-refractivity contribution in [1.29, 1.82) is 0 Å². The van der Waals surface area contributed by atoms with Crippen LogP contribution in [0.25, 0.3) is 11.0 Å². The maximum atomic E-state index is 5.22. The van der Waals surface area contributed by atoms with Gasteiger partial charge < -0.3 is 14.9 Å². The van der Waals surface area contributed by atoms with Gasteiger partial charge in [-0.2, -0.15) is 11.3 Å². The summed E-state index contributed by atoms with van der Waals surface area (Å²) in [6.45, 7) is 5.62. The van der Waals surface area contributed by atoms with Gasteiger partial charge in [-0.3, -0.25) is 0 Å². The van der Waals surface area contributed by atoms with Gasteiger partial charge in [0.05, 0.1) is 11.0 Å². The predicted molar refractivity (Wildman–Crippen MR) is 102 cm³/mol. The first kappa shape index (κ1) is 16.4. The van der Waals surface area contributed by atoms with Crippen LogP contribution in [0, 0.1) is 4.77 Å². The van der Waals surface area contributed by atoms with Crippen molar-refractivity contribution < 1.29 is 0 Å². The van der Waals surface area contributed by atoms with E-state index in [1.165, 1.54) is 17.5 Å². The summed E-state index contributed by atoms with van der Waals surface area (Å²) in [4.78, 5) is 9.05. The lowest BCUT2D eigenvalue weighted by molar-refractivity contribution is 0.281. The zero-order valence-corrected chi connectivity index (χ0v) is 15.1. The van der Waals surface area contributed by atoms with Crippen LogP contribution in [0.15, 0.2) is 35.0 Å². The van der Waals surface area contributed by atoms with Crippen molar-refractivity contribution in [2.45, 2.75) is 26.2 Å². The van der Waals surface area contributed by atoms with Gasteiger partial charge in [-0.1, -0.05) is 19.1 Å². The van der Waals surface area contributed by atoms with Gasteiger partial charge in [0, 0.05) is 13.1 Å². The molecule has 0 amide bonds. The largest absolute Gasteiger partial charge is 0.331 e. The number of hydrogen-bond donors (Lipinski definition) is 2. The highest BCUT2D eigenvalue weighted by atomic mass is 32.1. The zero-order valence-electron chi connectivity index (χ0n) is 13.5. The Morgan fingerprint density at radius 1 is 1.09 bits per heavy atom. The highest BCUT2D eigenvalue weighted by molar-refractivity contribution is 7.71. The van der Waals surface area contributed by atoms with Crippen molar-refractivity contribution in [1.82, 2.24) is 14.9 Å². The number of aromatic nitrogens is 2. The Kier molecular flexibility index (Phi) is 5.65. The van der Waals surface area contributed by atoms with E-state index in [1.54, 1.807) is 11.3 Å². The molecule has 0 saturated heterocycles. The van der Waals surface area contributed by atoms with Crippen molar-refractivity contribution in [2.75, 3.05) is 19.6 Å². The minimum Gasteiger partial charge on any atom is -0.331 e. The quantitative estimate of drug-likeness (QED) is 0.576. The van der Waals surface area contributed by atoms with E-state index in [1.807, 2.05) is 0 Å². The zero-order chi connectivity index (χ0) is 16.1. The van der Waals surface area contributed by atoms with Crippen LogP contribution in [0.2, 0.25) is 0 Å². The molecule has 0 bridgehead atoms. The van der Waals surface area contributed by atoms with Gasteiger partial charge in [0.15, 0.2) is 4.77 Å². The SMILES string of the molecule is CCCN(CCc1ccsc1)CCc1cccc2[nH]c(=S)[nH]c12. The first-order valence-electron chi connectivity index (χ1n) is 8.19. The van der Waals surface area contributed by atoms with Gasteiger partial charge in [-0.25, -0.2) is 0 Å². The molecule has 0 aliphatic heterocycles. The van der Waals surface area contributed by atoms with Crippen molar-refractivity contribution >= 4 is 34.6 Å². The number of aromatic amines is 2. The van der Waals surface area contributed by atoms with Gasteiger partial charge in [0.25, 0.3) is 0 Å². The van der Waals surface area contributed by atoms with Crippen molar-refractivity contribution in [2.24, 2.45) is 0 Å². The Balaban J connectivity index is 1.64. The molecule has 1 aromatic carbocycles. The van der Waals surface area contributed by atoms with Gasteiger partial charge in [0.2, 0.25) is 0 Å². The predicted octanol–water partition coefficient (Wildman–Crippen LogP) is 4.78. The molecule has 3 nitrogen and oxygen atoms in total. The third kappa shape index (κ3) is 4.31. The molecular formula is C18H23N3S2. The smallest absolute Gasteiger partial charge is 0.175 e. The van der Waals surface area contributed by atoms with Crippen LogP contribution < -0.4 is 0 Å². The minimum atomic E-state index is 0.704. The lowest BCUT2D eigenvalue weighted by atomic mass is 10.1. The Labute approximate surface area is 146 Å². The van der Waals surface area contributed by atoms with E-state index in [9.17, 15) is 0 Å². The van der Waals surface area contributed by atoms with Crippen LogP contribution in [-0.2, 0) is 12.8 Å². The Morgan fingerprint density at radius 2 is 1.96 bits per heavy atom. The molecule has 3 rings (SSSR count). The van der Waals surface area contributed by atoms with Gasteiger partial charge in [-0.05, 0) is 72.0 Å². The number of hydrogen-bond acceptors (Lipinski definition) is 3. The third-order valence-electron chi connectivity index (χ3n) is 4.17. The molecule has 0 aliphatic carbocycles. The topological polar surface area (TPSA) is 34.8 Å². The number of imidazole rings is 1. The normalized spacial score (nSPS) is 11.6. The summed E-state index contributed by atoms with van der Waals surface area (Å²) in [7, 11) is 0. The fraction of sp³-hybridized carbons (Fsp3) is 0.389. The second-order valence-corrected chi connectivity index (χ2v) is 7.08. The van der Waals surface area contributed by atoms with Crippen molar-refractivity contribution in [3.8, 4) is 0 Å². The van der Waals surface area contributed by atoms with Crippen LogP contribution in [-0.4, -0.2) is 34.5 Å². The molecule has 0 atom stereocenters. The monoisotopic (exact) mass is 345 g/mol. The second kappa shape index (κ2) is 7.90. The molecule has 3 aromatic rings. The molecule has 5 heteroatoms. The lowest BCUT2D eigenvalue weighted by Gasteiger charge is -2.21. The highest BCUT2D eigenvalue weighted by Gasteiger charge is 2.08. The summed E-state index contributed by atoms with van der Waals surface area (Å²) in [5.74, 6) is 0. The molecule has 2 heterocycles. The molecule has 0 fully saturated rings. The van der Waals surface area contributed by atoms with E-state index in [-0.39, 0.29) is 0 Å². The maximum Gasteiger partial charge on any atom is 0.175 e. The molecule has 2 aromatic heterocycles. The molecule has 0 aliphatic rings. The number of fused-ring (bicyclic) bond motifs is 1. The van der Waals surface area contributed by atoms with E-state index >= 15 is 0 Å². The molecule has 2 N–H and O–H groups in total. The highest BCUT2D eigenvalue weighted by Crippen LogP contribution is 2.16. The first-order chi connectivity index (χ1) is 11.3. The Morgan fingerprint density at radius 3 is 2.74 bits per heavy atom. The third-order valence-corrected chi connectivity index (χ3v) is 5.11. The summed E-state index contributed by atoms with van der Waals surface area (Å²) in [5.41, 5.74) is 5.05. The summed E-state index contributed by atoms with van der Waals surface area (Å²) in [5, 5.41) is 4.42. The van der Waals surface area contributed by atoms with Crippen LogP contribution >= 0.6 is 23.6 Å². The molecule has 23 heavy (non-hydrogen) atoms. The summed E-state index contributed by atoms with van der Waals surface area (Å²) >= 11 is 7.00. The fourth-order valence-corrected chi connectivity index (χ4v) is 3.89. The van der Waals surface area contributed by atoms with E-state index in [4.69, 9.17) is 12.2 Å². The standard InChI is InChI=1S/C18H23N3S2/c1-2-9-21(10-6-14-8-12-23-13-14)11-7-15-4-3-5-16-17(15)20-18(22)19-16/h3-5,8,12-13H,2,6-7,9-11H2,1H3,(H2,19,20,22). The second-order valence-electron chi connectivity index (χ2n) is 5.89. The minimum absolute atomic E-state index is 0.704. The van der Waals surface area contributed by atoms with Crippen LogP contribution in [0.5, 0.6) is 0 Å². The molecule has 122 valence electrons. The van der Waals surface area contributed by atoms with E-state index in [2.05, 4.69) is 56.8 Å².